The van der Waals surface area contributed by atoms with Crippen LogP contribution in [0.5, 0.6) is 5.75 Å². The van der Waals surface area contributed by atoms with Crippen LogP contribution in [-0.4, -0.2) is 52.2 Å². The van der Waals surface area contributed by atoms with Gasteiger partial charge < -0.3 is 9.64 Å². The summed E-state index contributed by atoms with van der Waals surface area (Å²) in [6.07, 6.45) is 1.87. The molecule has 1 aromatic carbocycles. The van der Waals surface area contributed by atoms with Gasteiger partial charge in [-0.3, -0.25) is 4.57 Å². The summed E-state index contributed by atoms with van der Waals surface area (Å²) >= 11 is 1.73. The number of methoxy groups -OCH3 is 1. The molecule has 0 bridgehead atoms. The SMILES string of the molecule is C=CCn1c(SCCN(CC)CC)nnc1-c1ccccc1OC. The second-order valence-electron chi connectivity index (χ2n) is 5.28. The molecule has 0 radical (unpaired) electrons. The Morgan fingerprint density at radius 1 is 1.25 bits per heavy atom. The highest BCUT2D eigenvalue weighted by Gasteiger charge is 2.16. The summed E-state index contributed by atoms with van der Waals surface area (Å²) in [4.78, 5) is 2.41. The van der Waals surface area contributed by atoms with E-state index < -0.39 is 0 Å². The van der Waals surface area contributed by atoms with Crippen LogP contribution in [0, 0.1) is 0 Å². The summed E-state index contributed by atoms with van der Waals surface area (Å²) in [5.41, 5.74) is 0.949. The van der Waals surface area contributed by atoms with Gasteiger partial charge in [0.2, 0.25) is 0 Å². The molecule has 0 saturated carbocycles. The van der Waals surface area contributed by atoms with Crippen LogP contribution in [0.2, 0.25) is 0 Å². The van der Waals surface area contributed by atoms with Crippen molar-refractivity contribution < 1.29 is 4.74 Å². The van der Waals surface area contributed by atoms with E-state index in [1.807, 2.05) is 30.3 Å². The lowest BCUT2D eigenvalue weighted by Crippen LogP contribution is -2.25. The molecule has 6 heteroatoms. The molecule has 0 saturated heterocycles. The Labute approximate surface area is 148 Å². The third-order valence-electron chi connectivity index (χ3n) is 3.91. The van der Waals surface area contributed by atoms with Crippen molar-refractivity contribution in [3.05, 3.63) is 36.9 Å². The van der Waals surface area contributed by atoms with Crippen LogP contribution in [0.25, 0.3) is 11.4 Å². The first-order valence-corrected chi connectivity index (χ1v) is 9.26. The van der Waals surface area contributed by atoms with Crippen molar-refractivity contribution in [3.63, 3.8) is 0 Å². The molecule has 2 rings (SSSR count). The Balaban J connectivity index is 2.22. The Hall–Kier alpha value is -1.79. The zero-order chi connectivity index (χ0) is 17.4. The van der Waals surface area contributed by atoms with E-state index in [1.165, 1.54) is 0 Å². The van der Waals surface area contributed by atoms with Gasteiger partial charge >= 0.3 is 0 Å². The summed E-state index contributed by atoms with van der Waals surface area (Å²) in [5.74, 6) is 2.61. The fourth-order valence-electron chi connectivity index (χ4n) is 2.52. The minimum absolute atomic E-state index is 0.675. The van der Waals surface area contributed by atoms with Gasteiger partial charge in [-0.2, -0.15) is 0 Å². The van der Waals surface area contributed by atoms with Gasteiger partial charge in [0.25, 0.3) is 0 Å². The molecule has 0 atom stereocenters. The number of aromatic nitrogens is 3. The van der Waals surface area contributed by atoms with Crippen molar-refractivity contribution in [2.24, 2.45) is 0 Å². The number of ether oxygens (including phenoxy) is 1. The first-order chi connectivity index (χ1) is 11.7. The van der Waals surface area contributed by atoms with Crippen molar-refractivity contribution in [2.45, 2.75) is 25.5 Å². The molecule has 1 heterocycles. The number of nitrogens with zero attached hydrogens (tertiary/aromatic N) is 4. The number of hydrogen-bond donors (Lipinski definition) is 0. The molecule has 0 spiro atoms. The van der Waals surface area contributed by atoms with Gasteiger partial charge in [-0.15, -0.1) is 16.8 Å². The molecule has 5 nitrogen and oxygen atoms in total. The van der Waals surface area contributed by atoms with E-state index in [0.717, 1.165) is 47.7 Å². The third kappa shape index (κ3) is 4.39. The summed E-state index contributed by atoms with van der Waals surface area (Å²) in [5, 5.41) is 9.71. The fraction of sp³-hybridized carbons (Fsp3) is 0.444. The number of rotatable bonds is 10. The minimum atomic E-state index is 0.675. The van der Waals surface area contributed by atoms with E-state index in [2.05, 4.69) is 40.1 Å². The number of para-hydroxylation sites is 1. The summed E-state index contributed by atoms with van der Waals surface area (Å²) in [7, 11) is 1.67. The zero-order valence-electron chi connectivity index (χ0n) is 14.7. The fourth-order valence-corrected chi connectivity index (χ4v) is 3.47. The molecule has 1 aromatic heterocycles. The summed E-state index contributed by atoms with van der Waals surface area (Å²) in [6, 6.07) is 7.89. The molecule has 0 aliphatic heterocycles. The van der Waals surface area contributed by atoms with Gasteiger partial charge in [0.05, 0.1) is 12.7 Å². The molecule has 0 aliphatic rings. The lowest BCUT2D eigenvalue weighted by Gasteiger charge is -2.17. The second kappa shape index (κ2) is 9.49. The van der Waals surface area contributed by atoms with Gasteiger partial charge in [-0.25, -0.2) is 0 Å². The summed E-state index contributed by atoms with van der Waals surface area (Å²) < 4.78 is 7.56. The Morgan fingerprint density at radius 2 is 2.00 bits per heavy atom. The monoisotopic (exact) mass is 346 g/mol. The van der Waals surface area contributed by atoms with Crippen LogP contribution in [0.3, 0.4) is 0 Å². The van der Waals surface area contributed by atoms with E-state index in [0.29, 0.717) is 6.54 Å². The largest absolute Gasteiger partial charge is 0.496 e. The quantitative estimate of drug-likeness (QED) is 0.486. The van der Waals surface area contributed by atoms with Gasteiger partial charge in [0.1, 0.15) is 5.75 Å². The molecule has 0 amide bonds. The van der Waals surface area contributed by atoms with Crippen molar-refractivity contribution in [1.29, 1.82) is 0 Å². The standard InChI is InChI=1S/C18H26N4OS/c1-5-12-22-17(15-10-8-9-11-16(15)23-4)19-20-18(22)24-14-13-21(6-2)7-3/h5,8-11H,1,6-7,12-14H2,2-4H3. The molecule has 0 N–H and O–H groups in total. The first kappa shape index (κ1) is 18.5. The Morgan fingerprint density at radius 3 is 2.67 bits per heavy atom. The molecular formula is C18H26N4OS. The van der Waals surface area contributed by atoms with E-state index in [4.69, 9.17) is 4.74 Å². The van der Waals surface area contributed by atoms with Crippen LogP contribution in [0.15, 0.2) is 42.1 Å². The lowest BCUT2D eigenvalue weighted by atomic mass is 10.2. The summed E-state index contributed by atoms with van der Waals surface area (Å²) in [6.45, 7) is 12.1. The van der Waals surface area contributed by atoms with Crippen LogP contribution < -0.4 is 4.74 Å². The third-order valence-corrected chi connectivity index (χ3v) is 4.86. The average molecular weight is 347 g/mol. The molecule has 24 heavy (non-hydrogen) atoms. The van der Waals surface area contributed by atoms with Gasteiger partial charge in [-0.1, -0.05) is 43.8 Å². The van der Waals surface area contributed by atoms with Crippen molar-refractivity contribution in [3.8, 4) is 17.1 Å². The van der Waals surface area contributed by atoms with Gasteiger partial charge in [0.15, 0.2) is 11.0 Å². The van der Waals surface area contributed by atoms with Crippen LogP contribution in [0.1, 0.15) is 13.8 Å². The van der Waals surface area contributed by atoms with Crippen LogP contribution in [-0.2, 0) is 6.54 Å². The lowest BCUT2D eigenvalue weighted by molar-refractivity contribution is 0.324. The highest BCUT2D eigenvalue weighted by Crippen LogP contribution is 2.30. The Bertz CT molecular complexity index is 652. The van der Waals surface area contributed by atoms with E-state index in [-0.39, 0.29) is 0 Å². The molecule has 0 unspecified atom stereocenters. The topological polar surface area (TPSA) is 43.2 Å². The normalized spacial score (nSPS) is 11.0. The van der Waals surface area contributed by atoms with Crippen LogP contribution >= 0.6 is 11.8 Å². The average Bonchev–Trinajstić information content (AvgIpc) is 3.01. The molecular weight excluding hydrogens is 320 g/mol. The van der Waals surface area contributed by atoms with Gasteiger partial charge in [0, 0.05) is 18.8 Å². The van der Waals surface area contributed by atoms with Crippen molar-refractivity contribution >= 4 is 11.8 Å². The maximum atomic E-state index is 5.46. The number of thioether (sulfide) groups is 1. The maximum Gasteiger partial charge on any atom is 0.191 e. The number of hydrogen-bond acceptors (Lipinski definition) is 5. The highest BCUT2D eigenvalue weighted by molar-refractivity contribution is 7.99. The predicted molar refractivity (Wildman–Crippen MR) is 101 cm³/mol. The van der Waals surface area contributed by atoms with E-state index >= 15 is 0 Å². The van der Waals surface area contributed by atoms with E-state index in [1.54, 1.807) is 18.9 Å². The maximum absolute atomic E-state index is 5.46. The first-order valence-electron chi connectivity index (χ1n) is 8.27. The molecule has 130 valence electrons. The predicted octanol–water partition coefficient (Wildman–Crippen LogP) is 3.57. The molecule has 0 aliphatic carbocycles. The molecule has 2 aromatic rings. The number of benzene rings is 1. The van der Waals surface area contributed by atoms with Crippen molar-refractivity contribution in [2.75, 3.05) is 32.5 Å². The number of allylic oxidation sites excluding steroid dienone is 1. The smallest absolute Gasteiger partial charge is 0.191 e. The highest BCUT2D eigenvalue weighted by atomic mass is 32.2. The van der Waals surface area contributed by atoms with Crippen molar-refractivity contribution in [1.82, 2.24) is 19.7 Å². The zero-order valence-corrected chi connectivity index (χ0v) is 15.6. The van der Waals surface area contributed by atoms with E-state index in [9.17, 15) is 0 Å². The second-order valence-corrected chi connectivity index (χ2v) is 6.34. The van der Waals surface area contributed by atoms with Crippen LogP contribution in [0.4, 0.5) is 0 Å². The minimum Gasteiger partial charge on any atom is -0.496 e. The Kier molecular flexibility index (Phi) is 7.34. The molecule has 0 fully saturated rings. The van der Waals surface area contributed by atoms with Gasteiger partial charge in [-0.05, 0) is 25.2 Å².